The van der Waals surface area contributed by atoms with Crippen molar-refractivity contribution >= 4 is 80.9 Å². The van der Waals surface area contributed by atoms with E-state index in [2.05, 4.69) is 193 Å². The van der Waals surface area contributed by atoms with Crippen molar-refractivity contribution in [3.8, 4) is 22.3 Å². The van der Waals surface area contributed by atoms with Crippen LogP contribution in [0.15, 0.2) is 188 Å². The van der Waals surface area contributed by atoms with Crippen LogP contribution in [0, 0.1) is 0 Å². The SMILES string of the molecule is c1ccc(-c2cccc(N(c3ccc(-c4cc5ccccc5c5c4sc4ccccc45)cc3)c3cc4ccccc4c4ccccc34)c2)cc1. The van der Waals surface area contributed by atoms with Crippen LogP contribution in [-0.2, 0) is 0 Å². The van der Waals surface area contributed by atoms with E-state index in [9.17, 15) is 0 Å². The minimum atomic E-state index is 1.12. The Morgan fingerprint density at radius 3 is 1.78 bits per heavy atom. The third kappa shape index (κ3) is 4.69. The lowest BCUT2D eigenvalue weighted by molar-refractivity contribution is 1.30. The van der Waals surface area contributed by atoms with Gasteiger partial charge in [-0.3, -0.25) is 0 Å². The number of anilines is 3. The molecule has 1 aromatic heterocycles. The number of benzene rings is 9. The topological polar surface area (TPSA) is 3.24 Å². The van der Waals surface area contributed by atoms with Gasteiger partial charge in [-0.15, -0.1) is 11.3 Å². The highest BCUT2D eigenvalue weighted by Crippen LogP contribution is 2.46. The maximum absolute atomic E-state index is 2.43. The molecule has 0 fully saturated rings. The summed E-state index contributed by atoms with van der Waals surface area (Å²) in [7, 11) is 0. The van der Waals surface area contributed by atoms with E-state index in [-0.39, 0.29) is 0 Å². The molecule has 234 valence electrons. The van der Waals surface area contributed by atoms with Gasteiger partial charge in [0.15, 0.2) is 0 Å². The molecule has 0 unspecified atom stereocenters. The van der Waals surface area contributed by atoms with Gasteiger partial charge in [0.2, 0.25) is 0 Å². The second-order valence-electron chi connectivity index (χ2n) is 12.9. The lowest BCUT2D eigenvalue weighted by Crippen LogP contribution is -2.10. The van der Waals surface area contributed by atoms with Crippen LogP contribution in [0.3, 0.4) is 0 Å². The molecule has 0 aliphatic rings. The fourth-order valence-electron chi connectivity index (χ4n) is 7.68. The molecule has 0 spiro atoms. The standard InChI is InChI=1S/C48H31NS/c1-2-13-32(14-3-1)34-17-12-18-38(29-34)49(45-31-36-16-4-6-19-39(36)41-21-8-9-22-42(41)45)37-27-25-33(26-28-37)44-30-35-15-5-7-20-40(35)47-43-23-10-11-24-46(43)50-48(44)47/h1-31H. The van der Waals surface area contributed by atoms with Gasteiger partial charge in [-0.2, -0.15) is 0 Å². The quantitative estimate of drug-likeness (QED) is 0.167. The first-order valence-corrected chi connectivity index (χ1v) is 17.9. The molecule has 0 radical (unpaired) electrons. The van der Waals surface area contributed by atoms with Crippen LogP contribution in [0.1, 0.15) is 0 Å². The van der Waals surface area contributed by atoms with Crippen LogP contribution in [0.4, 0.5) is 17.1 Å². The molecule has 0 N–H and O–H groups in total. The number of nitrogens with zero attached hydrogens (tertiary/aromatic N) is 1. The molecule has 10 aromatic rings. The van der Waals surface area contributed by atoms with E-state index in [1.54, 1.807) is 0 Å². The first-order chi connectivity index (χ1) is 24.8. The van der Waals surface area contributed by atoms with Crippen LogP contribution in [0.5, 0.6) is 0 Å². The predicted molar refractivity (Wildman–Crippen MR) is 217 cm³/mol. The highest BCUT2D eigenvalue weighted by Gasteiger charge is 2.19. The van der Waals surface area contributed by atoms with Crippen molar-refractivity contribution in [3.05, 3.63) is 188 Å². The maximum atomic E-state index is 2.43. The average Bonchev–Trinajstić information content (AvgIpc) is 3.59. The van der Waals surface area contributed by atoms with Gasteiger partial charge in [-0.1, -0.05) is 146 Å². The molecule has 1 nitrogen and oxygen atoms in total. The van der Waals surface area contributed by atoms with E-state index in [4.69, 9.17) is 0 Å². The number of thiophene rings is 1. The molecule has 0 aliphatic carbocycles. The summed E-state index contributed by atoms with van der Waals surface area (Å²) in [6.45, 7) is 0. The van der Waals surface area contributed by atoms with Crippen LogP contribution in [0.2, 0.25) is 0 Å². The van der Waals surface area contributed by atoms with Crippen molar-refractivity contribution in [1.29, 1.82) is 0 Å². The molecule has 0 amide bonds. The van der Waals surface area contributed by atoms with Crippen molar-refractivity contribution in [3.63, 3.8) is 0 Å². The first-order valence-electron chi connectivity index (χ1n) is 17.1. The molecule has 0 saturated carbocycles. The Balaban J connectivity index is 1.19. The molecule has 0 aliphatic heterocycles. The largest absolute Gasteiger partial charge is 0.310 e. The fraction of sp³-hybridized carbons (Fsp3) is 0. The van der Waals surface area contributed by atoms with E-state index in [1.807, 2.05) is 11.3 Å². The summed E-state index contributed by atoms with van der Waals surface area (Å²) in [5.41, 5.74) is 8.30. The van der Waals surface area contributed by atoms with E-state index in [0.29, 0.717) is 0 Å². The summed E-state index contributed by atoms with van der Waals surface area (Å²) in [4.78, 5) is 2.43. The number of fused-ring (bicyclic) bond motifs is 8. The summed E-state index contributed by atoms with van der Waals surface area (Å²) >= 11 is 1.89. The van der Waals surface area contributed by atoms with E-state index < -0.39 is 0 Å². The average molecular weight is 654 g/mol. The molecule has 0 bridgehead atoms. The zero-order valence-corrected chi connectivity index (χ0v) is 28.1. The van der Waals surface area contributed by atoms with Crippen molar-refractivity contribution in [2.24, 2.45) is 0 Å². The van der Waals surface area contributed by atoms with Crippen LogP contribution in [-0.4, -0.2) is 0 Å². The molecular formula is C48H31NS. The predicted octanol–water partition coefficient (Wildman–Crippen LogP) is 14.3. The van der Waals surface area contributed by atoms with Gasteiger partial charge in [-0.25, -0.2) is 0 Å². The third-order valence-corrected chi connectivity index (χ3v) is 11.2. The van der Waals surface area contributed by atoms with Crippen LogP contribution < -0.4 is 4.90 Å². The summed E-state index contributed by atoms with van der Waals surface area (Å²) < 4.78 is 2.66. The zero-order valence-electron chi connectivity index (χ0n) is 27.3. The summed E-state index contributed by atoms with van der Waals surface area (Å²) in [5.74, 6) is 0. The normalized spacial score (nSPS) is 11.6. The molecule has 50 heavy (non-hydrogen) atoms. The van der Waals surface area contributed by atoms with Gasteiger partial charge in [0.25, 0.3) is 0 Å². The Labute approximate surface area is 294 Å². The summed E-state index contributed by atoms with van der Waals surface area (Å²) in [6, 6.07) is 68.6. The van der Waals surface area contributed by atoms with Gasteiger partial charge in [0.1, 0.15) is 0 Å². The van der Waals surface area contributed by atoms with E-state index in [1.165, 1.54) is 74.7 Å². The molecule has 0 saturated heterocycles. The van der Waals surface area contributed by atoms with Gasteiger partial charge in [-0.05, 0) is 86.1 Å². The minimum Gasteiger partial charge on any atom is -0.310 e. The smallest absolute Gasteiger partial charge is 0.0546 e. The van der Waals surface area contributed by atoms with Gasteiger partial charge in [0, 0.05) is 42.5 Å². The van der Waals surface area contributed by atoms with Gasteiger partial charge < -0.3 is 4.90 Å². The van der Waals surface area contributed by atoms with Crippen molar-refractivity contribution in [2.45, 2.75) is 0 Å². The fourth-order valence-corrected chi connectivity index (χ4v) is 8.94. The van der Waals surface area contributed by atoms with Crippen molar-refractivity contribution in [2.75, 3.05) is 4.90 Å². The number of hydrogen-bond donors (Lipinski definition) is 0. The lowest BCUT2D eigenvalue weighted by Gasteiger charge is -2.28. The third-order valence-electron chi connectivity index (χ3n) is 10.0. The monoisotopic (exact) mass is 653 g/mol. The van der Waals surface area contributed by atoms with E-state index in [0.717, 1.165) is 17.1 Å². The van der Waals surface area contributed by atoms with Crippen molar-refractivity contribution < 1.29 is 0 Å². The first kappa shape index (κ1) is 28.8. The minimum absolute atomic E-state index is 1.12. The number of rotatable bonds is 5. The second-order valence-corrected chi connectivity index (χ2v) is 14.0. The number of hydrogen-bond acceptors (Lipinski definition) is 2. The molecule has 0 atom stereocenters. The Kier molecular flexibility index (Phi) is 6.75. The van der Waals surface area contributed by atoms with Gasteiger partial charge in [0.05, 0.1) is 5.69 Å². The zero-order chi connectivity index (χ0) is 33.0. The molecule has 2 heteroatoms. The highest BCUT2D eigenvalue weighted by molar-refractivity contribution is 7.26. The Morgan fingerprint density at radius 2 is 0.980 bits per heavy atom. The van der Waals surface area contributed by atoms with Crippen LogP contribution in [0.25, 0.3) is 74.7 Å². The second kappa shape index (κ2) is 11.7. The van der Waals surface area contributed by atoms with E-state index >= 15 is 0 Å². The summed E-state index contributed by atoms with van der Waals surface area (Å²) in [6.07, 6.45) is 0. The Bertz CT molecular complexity index is 2870. The summed E-state index contributed by atoms with van der Waals surface area (Å²) in [5, 5.41) is 10.2. The van der Waals surface area contributed by atoms with Crippen molar-refractivity contribution in [1.82, 2.24) is 0 Å². The maximum Gasteiger partial charge on any atom is 0.0546 e. The Morgan fingerprint density at radius 1 is 0.360 bits per heavy atom. The lowest BCUT2D eigenvalue weighted by atomic mass is 9.96. The highest BCUT2D eigenvalue weighted by atomic mass is 32.1. The molecule has 9 aromatic carbocycles. The molecule has 1 heterocycles. The van der Waals surface area contributed by atoms with Gasteiger partial charge >= 0.3 is 0 Å². The molecular weight excluding hydrogens is 623 g/mol. The Hall–Kier alpha value is -6.22. The molecule has 10 rings (SSSR count). The van der Waals surface area contributed by atoms with Crippen LogP contribution >= 0.6 is 11.3 Å².